The van der Waals surface area contributed by atoms with Gasteiger partial charge in [0.15, 0.2) is 11.5 Å². The summed E-state index contributed by atoms with van der Waals surface area (Å²) in [4.78, 5) is 28.0. The molecule has 0 radical (unpaired) electrons. The number of fused-ring (bicyclic) bond motifs is 1. The first kappa shape index (κ1) is 27.3. The van der Waals surface area contributed by atoms with Gasteiger partial charge >= 0.3 is 0 Å². The van der Waals surface area contributed by atoms with Crippen LogP contribution in [-0.2, 0) is 26.2 Å². The van der Waals surface area contributed by atoms with Crippen LogP contribution >= 0.6 is 0 Å². The van der Waals surface area contributed by atoms with Crippen LogP contribution in [-0.4, -0.2) is 57.3 Å². The number of anilines is 1. The first-order valence-corrected chi connectivity index (χ1v) is 13.5. The molecule has 0 bridgehead atoms. The van der Waals surface area contributed by atoms with Crippen molar-refractivity contribution in [3.63, 3.8) is 0 Å². The maximum atomic E-state index is 13.6. The monoisotopic (exact) mass is 521 g/mol. The third kappa shape index (κ3) is 6.87. The summed E-state index contributed by atoms with van der Waals surface area (Å²) in [5.41, 5.74) is 0.836. The molecule has 36 heavy (non-hydrogen) atoms. The fourth-order valence-corrected chi connectivity index (χ4v) is 4.62. The van der Waals surface area contributed by atoms with E-state index >= 15 is 0 Å². The summed E-state index contributed by atoms with van der Waals surface area (Å²) in [6.07, 6.45) is 1.31. The Bertz CT molecular complexity index is 1190. The van der Waals surface area contributed by atoms with Gasteiger partial charge in [-0.1, -0.05) is 32.9 Å². The molecule has 1 heterocycles. The van der Waals surface area contributed by atoms with Crippen LogP contribution in [0.2, 0.25) is 0 Å². The van der Waals surface area contributed by atoms with Crippen molar-refractivity contribution in [3.8, 4) is 11.5 Å². The van der Waals surface area contributed by atoms with Crippen molar-refractivity contribution in [2.75, 3.05) is 30.4 Å². The lowest BCUT2D eigenvalue weighted by Gasteiger charge is -2.33. The molecule has 1 aliphatic rings. The van der Waals surface area contributed by atoms with E-state index in [9.17, 15) is 22.4 Å². The molecule has 2 aromatic rings. The van der Waals surface area contributed by atoms with Crippen molar-refractivity contribution in [1.82, 2.24) is 10.2 Å². The number of ether oxygens (including phenoxy) is 2. The second kappa shape index (κ2) is 11.6. The number of nitrogens with one attached hydrogen (secondary N) is 1. The standard InChI is InChI=1S/C25H32FN3O6S/c1-5-21(25(31)27-13-17(2)3)28(14-18-6-8-19(26)9-7-18)24(30)15-29(36(4,32)33)20-10-11-22-23(12-20)35-16-34-22/h6-12,17,21H,5,13-16H2,1-4H3,(H,27,31)/t21-/m1/s1. The second-order valence-electron chi connectivity index (χ2n) is 9.02. The van der Waals surface area contributed by atoms with Gasteiger partial charge < -0.3 is 19.7 Å². The van der Waals surface area contributed by atoms with Crippen LogP contribution in [0.5, 0.6) is 11.5 Å². The zero-order chi connectivity index (χ0) is 26.5. The fourth-order valence-electron chi connectivity index (χ4n) is 3.78. The van der Waals surface area contributed by atoms with E-state index in [1.165, 1.54) is 41.3 Å². The summed E-state index contributed by atoms with van der Waals surface area (Å²) in [6.45, 7) is 5.61. The average molecular weight is 522 g/mol. The SMILES string of the molecule is CC[C@H](C(=O)NCC(C)C)N(Cc1ccc(F)cc1)C(=O)CN(c1ccc2c(c1)OCO2)S(C)(=O)=O. The van der Waals surface area contributed by atoms with Gasteiger partial charge in [0.1, 0.15) is 18.4 Å². The zero-order valence-electron chi connectivity index (χ0n) is 20.9. The first-order valence-electron chi connectivity index (χ1n) is 11.7. The molecule has 0 fully saturated rings. The van der Waals surface area contributed by atoms with Crippen LogP contribution in [0.25, 0.3) is 0 Å². The molecule has 0 aliphatic carbocycles. The largest absolute Gasteiger partial charge is 0.454 e. The molecule has 11 heteroatoms. The number of hydrogen-bond donors (Lipinski definition) is 1. The van der Waals surface area contributed by atoms with E-state index in [0.29, 0.717) is 30.0 Å². The normalized spacial score (nSPS) is 13.4. The topological polar surface area (TPSA) is 105 Å². The Morgan fingerprint density at radius 2 is 1.75 bits per heavy atom. The van der Waals surface area contributed by atoms with Crippen molar-refractivity contribution < 1.29 is 31.9 Å². The lowest BCUT2D eigenvalue weighted by molar-refractivity contribution is -0.140. The van der Waals surface area contributed by atoms with Crippen LogP contribution in [0, 0.1) is 11.7 Å². The van der Waals surface area contributed by atoms with E-state index < -0.39 is 34.3 Å². The van der Waals surface area contributed by atoms with Gasteiger partial charge in [0, 0.05) is 19.2 Å². The Labute approximate surface area is 211 Å². The number of benzene rings is 2. The molecule has 3 rings (SSSR count). The van der Waals surface area contributed by atoms with Crippen molar-refractivity contribution >= 4 is 27.5 Å². The fraction of sp³-hybridized carbons (Fsp3) is 0.440. The number of rotatable bonds is 11. The number of carbonyl (C=O) groups excluding carboxylic acids is 2. The molecule has 1 aliphatic heterocycles. The van der Waals surface area contributed by atoms with Crippen LogP contribution in [0.4, 0.5) is 10.1 Å². The van der Waals surface area contributed by atoms with Gasteiger partial charge in [-0.3, -0.25) is 13.9 Å². The molecule has 2 amide bonds. The average Bonchev–Trinajstić information content (AvgIpc) is 3.29. The molecule has 196 valence electrons. The highest BCUT2D eigenvalue weighted by Crippen LogP contribution is 2.36. The number of carbonyl (C=O) groups is 2. The predicted octanol–water partition coefficient (Wildman–Crippen LogP) is 2.90. The molecular formula is C25H32FN3O6S. The molecule has 0 saturated heterocycles. The van der Waals surface area contributed by atoms with Crippen LogP contribution in [0.3, 0.4) is 0 Å². The van der Waals surface area contributed by atoms with Gasteiger partial charge in [0.05, 0.1) is 11.9 Å². The highest BCUT2D eigenvalue weighted by atomic mass is 32.2. The van der Waals surface area contributed by atoms with Crippen molar-refractivity contribution in [3.05, 3.63) is 53.8 Å². The van der Waals surface area contributed by atoms with Crippen molar-refractivity contribution in [2.45, 2.75) is 39.8 Å². The van der Waals surface area contributed by atoms with Crippen molar-refractivity contribution in [1.29, 1.82) is 0 Å². The van der Waals surface area contributed by atoms with Crippen molar-refractivity contribution in [2.24, 2.45) is 5.92 Å². The van der Waals surface area contributed by atoms with Gasteiger partial charge in [0.25, 0.3) is 0 Å². The smallest absolute Gasteiger partial charge is 0.244 e. The minimum absolute atomic E-state index is 0.00542. The van der Waals surface area contributed by atoms with E-state index in [0.717, 1.165) is 10.6 Å². The van der Waals surface area contributed by atoms with Gasteiger partial charge in [-0.2, -0.15) is 0 Å². The van der Waals surface area contributed by atoms with E-state index in [1.54, 1.807) is 13.0 Å². The van der Waals surface area contributed by atoms with E-state index in [1.807, 2.05) is 13.8 Å². The maximum Gasteiger partial charge on any atom is 0.244 e. The Kier molecular flexibility index (Phi) is 8.78. The maximum absolute atomic E-state index is 13.6. The minimum Gasteiger partial charge on any atom is -0.454 e. The summed E-state index contributed by atoms with van der Waals surface area (Å²) in [5, 5.41) is 2.85. The third-order valence-corrected chi connectivity index (χ3v) is 6.80. The van der Waals surface area contributed by atoms with Crippen LogP contribution < -0.4 is 19.1 Å². The van der Waals surface area contributed by atoms with Gasteiger partial charge in [-0.05, 0) is 42.2 Å². The number of nitrogens with zero attached hydrogens (tertiary/aromatic N) is 2. The van der Waals surface area contributed by atoms with Gasteiger partial charge in [-0.25, -0.2) is 12.8 Å². The molecule has 0 unspecified atom stereocenters. The molecule has 1 atom stereocenters. The quantitative estimate of drug-likeness (QED) is 0.488. The summed E-state index contributed by atoms with van der Waals surface area (Å²) >= 11 is 0. The number of amides is 2. The van der Waals surface area contributed by atoms with Crippen LogP contribution in [0.1, 0.15) is 32.8 Å². The molecule has 1 N–H and O–H groups in total. The first-order chi connectivity index (χ1) is 17.0. The van der Waals surface area contributed by atoms with Gasteiger partial charge in [0.2, 0.25) is 28.6 Å². The third-order valence-electron chi connectivity index (χ3n) is 5.66. The highest BCUT2D eigenvalue weighted by molar-refractivity contribution is 7.92. The second-order valence-corrected chi connectivity index (χ2v) is 10.9. The zero-order valence-corrected chi connectivity index (χ0v) is 21.7. The molecule has 0 spiro atoms. The molecular weight excluding hydrogens is 489 g/mol. The Balaban J connectivity index is 1.92. The Morgan fingerprint density at radius 1 is 1.08 bits per heavy atom. The summed E-state index contributed by atoms with van der Waals surface area (Å²) < 4.78 is 50.5. The number of sulfonamides is 1. The van der Waals surface area contributed by atoms with E-state index in [-0.39, 0.29) is 30.9 Å². The minimum atomic E-state index is -3.88. The molecule has 0 aromatic heterocycles. The Morgan fingerprint density at radius 3 is 2.36 bits per heavy atom. The lowest BCUT2D eigenvalue weighted by atomic mass is 10.1. The Hall–Kier alpha value is -3.34. The summed E-state index contributed by atoms with van der Waals surface area (Å²) in [7, 11) is -3.88. The summed E-state index contributed by atoms with van der Waals surface area (Å²) in [5.74, 6) is -0.283. The predicted molar refractivity (Wildman–Crippen MR) is 134 cm³/mol. The number of halogens is 1. The van der Waals surface area contributed by atoms with Gasteiger partial charge in [-0.15, -0.1) is 0 Å². The number of hydrogen-bond acceptors (Lipinski definition) is 6. The molecule has 2 aromatic carbocycles. The van der Waals surface area contributed by atoms with E-state index in [2.05, 4.69) is 5.32 Å². The highest BCUT2D eigenvalue weighted by Gasteiger charge is 2.32. The lowest BCUT2D eigenvalue weighted by Crippen LogP contribution is -2.52. The van der Waals surface area contributed by atoms with Crippen LogP contribution in [0.15, 0.2) is 42.5 Å². The molecule has 9 nitrogen and oxygen atoms in total. The summed E-state index contributed by atoms with van der Waals surface area (Å²) in [6, 6.07) is 9.35. The molecule has 0 saturated carbocycles. The van der Waals surface area contributed by atoms with E-state index in [4.69, 9.17) is 9.47 Å².